The van der Waals surface area contributed by atoms with Crippen LogP contribution in [0.5, 0.6) is 6.01 Å². The second-order valence-corrected chi connectivity index (χ2v) is 10.3. The van der Waals surface area contributed by atoms with Gasteiger partial charge in [0, 0.05) is 12.2 Å². The molecule has 228 valence electrons. The fourth-order valence-electron chi connectivity index (χ4n) is 4.01. The molecule has 2 aromatic heterocycles. The van der Waals surface area contributed by atoms with Gasteiger partial charge in [-0.25, -0.2) is 9.59 Å². The first kappa shape index (κ1) is 31.9. The number of fused-ring (bicyclic) bond motifs is 1. The Morgan fingerprint density at radius 2 is 1.81 bits per heavy atom. The number of nitrogens with one attached hydrogen (secondary N) is 4. The molecule has 2 unspecified atom stereocenters. The highest BCUT2D eigenvalue weighted by Crippen LogP contribution is 2.19. The van der Waals surface area contributed by atoms with Gasteiger partial charge in [0.05, 0.1) is 19.2 Å². The first-order chi connectivity index (χ1) is 20.0. The first-order valence-corrected chi connectivity index (χ1v) is 13.9. The van der Waals surface area contributed by atoms with Gasteiger partial charge in [0.1, 0.15) is 11.6 Å². The molecule has 0 aliphatic rings. The summed E-state index contributed by atoms with van der Waals surface area (Å²) in [4.78, 5) is 60.5. The van der Waals surface area contributed by atoms with E-state index in [0.717, 1.165) is 18.4 Å². The van der Waals surface area contributed by atoms with Gasteiger partial charge in [0.15, 0.2) is 11.5 Å². The largest absolute Gasteiger partial charge is 0.463 e. The summed E-state index contributed by atoms with van der Waals surface area (Å²) < 4.78 is 7.01. The summed E-state index contributed by atoms with van der Waals surface area (Å²) in [6.45, 7) is 6.51. The molecule has 3 rings (SSSR count). The van der Waals surface area contributed by atoms with Crippen LogP contribution in [0.15, 0.2) is 29.1 Å². The lowest BCUT2D eigenvalue weighted by molar-refractivity contribution is -0.128. The monoisotopic (exact) mass is 584 g/mol. The van der Waals surface area contributed by atoms with Crippen LogP contribution < -0.4 is 43.6 Å². The highest BCUT2D eigenvalue weighted by molar-refractivity contribution is 5.97. The smallest absolute Gasteiger partial charge is 0.328 e. The minimum atomic E-state index is -0.889. The number of hydrogen-bond donors (Lipinski definition) is 7. The Balaban J connectivity index is 1.72. The number of primary amides is 1. The number of carbonyl (C=O) groups excluding carboxylic acids is 3. The number of unbranched alkanes of at least 4 members (excludes halogenated alkanes) is 1. The summed E-state index contributed by atoms with van der Waals surface area (Å²) in [7, 11) is 0. The number of nitrogens with zero attached hydrogens (tertiary/aromatic N) is 3. The van der Waals surface area contributed by atoms with E-state index in [1.807, 2.05) is 20.8 Å². The fraction of sp³-hybridized carbons (Fsp3) is 0.481. The number of nitrogen functional groups attached to an aromatic ring is 1. The molecule has 1 aromatic carbocycles. The summed E-state index contributed by atoms with van der Waals surface area (Å²) in [6, 6.07) is 4.63. The Bertz CT molecular complexity index is 1430. The lowest BCUT2D eigenvalue weighted by Crippen LogP contribution is -2.51. The van der Waals surface area contributed by atoms with E-state index in [4.69, 9.17) is 21.9 Å². The lowest BCUT2D eigenvalue weighted by Gasteiger charge is -2.22. The standard InChI is InChI=1S/C27H40N10O5/c1-4-5-13-42-26-35-21(29)20-22(36-26)37(27(41)34-20)14-16-8-10-17(11-9-16)32-23(38)18(7-6-12-31-25(30)40)33-24(39)19(28)15(2)3/h8-11,15,18-19H,4-7,12-14,28H2,1-3H3,(H,32,38)(H,33,39)(H,34,41)(H2,29,35,36)(H3,30,31,40). The van der Waals surface area contributed by atoms with Crippen molar-refractivity contribution in [3.8, 4) is 6.01 Å². The number of hydrogen-bond acceptors (Lipinski definition) is 9. The molecule has 15 heteroatoms. The molecule has 0 spiro atoms. The predicted octanol–water partition coefficient (Wildman–Crippen LogP) is 0.784. The van der Waals surface area contributed by atoms with E-state index < -0.39 is 35.6 Å². The van der Waals surface area contributed by atoms with Gasteiger partial charge in [-0.1, -0.05) is 39.3 Å². The molecule has 0 aliphatic heterocycles. The van der Waals surface area contributed by atoms with Crippen LogP contribution in [0, 0.1) is 5.92 Å². The van der Waals surface area contributed by atoms with Crippen molar-refractivity contribution >= 4 is 40.5 Å². The molecule has 3 aromatic rings. The third kappa shape index (κ3) is 8.67. The molecular weight excluding hydrogens is 544 g/mol. The number of amides is 4. The zero-order valence-corrected chi connectivity index (χ0v) is 24.1. The molecule has 0 aliphatic carbocycles. The van der Waals surface area contributed by atoms with Crippen molar-refractivity contribution in [3.63, 3.8) is 0 Å². The Morgan fingerprint density at radius 1 is 1.10 bits per heavy atom. The molecular formula is C27H40N10O5. The van der Waals surface area contributed by atoms with Crippen LogP contribution in [0.25, 0.3) is 11.2 Å². The second-order valence-electron chi connectivity index (χ2n) is 10.3. The summed E-state index contributed by atoms with van der Waals surface area (Å²) in [5, 5.41) is 7.96. The summed E-state index contributed by atoms with van der Waals surface area (Å²) in [5.74, 6) is -0.898. The zero-order chi connectivity index (χ0) is 30.8. The molecule has 0 saturated carbocycles. The van der Waals surface area contributed by atoms with Crippen molar-refractivity contribution in [2.45, 2.75) is 65.1 Å². The number of urea groups is 1. The van der Waals surface area contributed by atoms with Gasteiger partial charge in [-0.2, -0.15) is 9.97 Å². The number of aromatic nitrogens is 4. The maximum atomic E-state index is 13.1. The van der Waals surface area contributed by atoms with Crippen LogP contribution in [-0.2, 0) is 16.1 Å². The van der Waals surface area contributed by atoms with Crippen LogP contribution in [0.4, 0.5) is 16.3 Å². The summed E-state index contributed by atoms with van der Waals surface area (Å²) in [5.41, 5.74) is 18.6. The summed E-state index contributed by atoms with van der Waals surface area (Å²) in [6.07, 6.45) is 2.42. The number of rotatable bonds is 15. The van der Waals surface area contributed by atoms with E-state index in [1.54, 1.807) is 24.3 Å². The Labute approximate surface area is 243 Å². The molecule has 0 saturated heterocycles. The number of H-pyrrole nitrogens is 1. The average molecular weight is 585 g/mol. The van der Waals surface area contributed by atoms with Gasteiger partial charge in [0.2, 0.25) is 11.8 Å². The molecule has 0 radical (unpaired) electrons. The molecule has 4 amide bonds. The third-order valence-corrected chi connectivity index (χ3v) is 6.54. The highest BCUT2D eigenvalue weighted by Gasteiger charge is 2.25. The second kappa shape index (κ2) is 14.8. The summed E-state index contributed by atoms with van der Waals surface area (Å²) >= 11 is 0. The first-order valence-electron chi connectivity index (χ1n) is 13.9. The molecule has 2 heterocycles. The van der Waals surface area contributed by atoms with Crippen LogP contribution in [0.2, 0.25) is 0 Å². The zero-order valence-electron chi connectivity index (χ0n) is 24.1. The molecule has 0 bridgehead atoms. The Kier molecular flexibility index (Phi) is 11.2. The van der Waals surface area contributed by atoms with Gasteiger partial charge in [-0.15, -0.1) is 0 Å². The highest BCUT2D eigenvalue weighted by atomic mass is 16.5. The molecule has 42 heavy (non-hydrogen) atoms. The van der Waals surface area contributed by atoms with E-state index in [0.29, 0.717) is 29.9 Å². The molecule has 0 fully saturated rings. The minimum absolute atomic E-state index is 0.0978. The number of nitrogens with two attached hydrogens (primary N) is 3. The van der Waals surface area contributed by atoms with E-state index in [-0.39, 0.29) is 37.3 Å². The lowest BCUT2D eigenvalue weighted by atomic mass is 10.0. The van der Waals surface area contributed by atoms with Crippen molar-refractivity contribution < 1.29 is 19.1 Å². The van der Waals surface area contributed by atoms with Crippen molar-refractivity contribution in [2.75, 3.05) is 24.2 Å². The van der Waals surface area contributed by atoms with Crippen molar-refractivity contribution in [2.24, 2.45) is 17.4 Å². The number of benzene rings is 1. The number of carbonyl (C=O) groups is 3. The number of imidazole rings is 1. The van der Waals surface area contributed by atoms with Gasteiger partial charge in [-0.3, -0.25) is 14.2 Å². The van der Waals surface area contributed by atoms with E-state index >= 15 is 0 Å². The van der Waals surface area contributed by atoms with Crippen LogP contribution in [-0.4, -0.2) is 62.6 Å². The predicted molar refractivity (Wildman–Crippen MR) is 159 cm³/mol. The van der Waals surface area contributed by atoms with Crippen molar-refractivity contribution in [3.05, 3.63) is 40.3 Å². The normalized spacial score (nSPS) is 12.6. The van der Waals surface area contributed by atoms with Crippen molar-refractivity contribution in [1.82, 2.24) is 30.2 Å². The number of aromatic amines is 1. The molecule has 15 nitrogen and oxygen atoms in total. The molecule has 10 N–H and O–H groups in total. The van der Waals surface area contributed by atoms with Crippen LogP contribution in [0.1, 0.15) is 52.0 Å². The van der Waals surface area contributed by atoms with Crippen molar-refractivity contribution in [1.29, 1.82) is 0 Å². The maximum Gasteiger partial charge on any atom is 0.328 e. The van der Waals surface area contributed by atoms with Gasteiger partial charge in [-0.05, 0) is 42.9 Å². The maximum absolute atomic E-state index is 13.1. The fourth-order valence-corrected chi connectivity index (χ4v) is 4.01. The molecule has 2 atom stereocenters. The van der Waals surface area contributed by atoms with E-state index in [9.17, 15) is 19.2 Å². The van der Waals surface area contributed by atoms with Crippen LogP contribution >= 0.6 is 0 Å². The van der Waals surface area contributed by atoms with Gasteiger partial charge < -0.3 is 42.9 Å². The Hall–Kier alpha value is -4.66. The average Bonchev–Trinajstić information content (AvgIpc) is 3.26. The van der Waals surface area contributed by atoms with E-state index in [2.05, 4.69) is 30.9 Å². The number of anilines is 2. The topological polar surface area (TPSA) is 238 Å². The van der Waals surface area contributed by atoms with Gasteiger partial charge >= 0.3 is 17.7 Å². The van der Waals surface area contributed by atoms with Crippen LogP contribution in [0.3, 0.4) is 0 Å². The Morgan fingerprint density at radius 3 is 2.45 bits per heavy atom. The third-order valence-electron chi connectivity index (χ3n) is 6.54. The van der Waals surface area contributed by atoms with E-state index in [1.165, 1.54) is 4.57 Å². The SMILES string of the molecule is CCCCOc1nc(N)c2[nH]c(=O)n(Cc3ccc(NC(=O)C(CCCNC(N)=O)NC(=O)C(N)C(C)C)cc3)c2n1. The number of ether oxygens (including phenoxy) is 1. The van der Waals surface area contributed by atoms with Gasteiger partial charge in [0.25, 0.3) is 0 Å². The quantitative estimate of drug-likeness (QED) is 0.125. The minimum Gasteiger partial charge on any atom is -0.463 e.